The monoisotopic (exact) mass is 475 g/mol. The van der Waals surface area contributed by atoms with Gasteiger partial charge in [0.2, 0.25) is 0 Å². The Hall–Kier alpha value is -2.61. The van der Waals surface area contributed by atoms with Crippen molar-refractivity contribution in [3.05, 3.63) is 70.5 Å². The van der Waals surface area contributed by atoms with E-state index < -0.39 is 47.7 Å². The molecule has 1 heterocycles. The van der Waals surface area contributed by atoms with Crippen LogP contribution in [0.15, 0.2) is 42.5 Å². The van der Waals surface area contributed by atoms with Crippen molar-refractivity contribution in [3.63, 3.8) is 0 Å². The first-order chi connectivity index (χ1) is 15.4. The van der Waals surface area contributed by atoms with Crippen molar-refractivity contribution in [2.24, 2.45) is 0 Å². The van der Waals surface area contributed by atoms with Crippen LogP contribution in [-0.4, -0.2) is 30.9 Å². The normalized spacial score (nSPS) is 20.9. The van der Waals surface area contributed by atoms with Crippen LogP contribution in [0, 0.1) is 18.2 Å². The Morgan fingerprint density at radius 3 is 2.15 bits per heavy atom. The quantitative estimate of drug-likeness (QED) is 0.393. The van der Waals surface area contributed by atoms with Crippen LogP contribution in [0.5, 0.6) is 0 Å². The van der Waals surface area contributed by atoms with Crippen molar-refractivity contribution in [3.8, 4) is 12.3 Å². The van der Waals surface area contributed by atoms with Crippen molar-refractivity contribution in [2.45, 2.75) is 37.7 Å². The number of terminal acetylenes is 1. The molecule has 0 bridgehead atoms. The highest BCUT2D eigenvalue weighted by molar-refractivity contribution is 5.34. The Labute approximate surface area is 186 Å². The van der Waals surface area contributed by atoms with Gasteiger partial charge < -0.3 is 9.47 Å². The van der Waals surface area contributed by atoms with E-state index in [4.69, 9.17) is 15.9 Å². The predicted molar refractivity (Wildman–Crippen MR) is 105 cm³/mol. The van der Waals surface area contributed by atoms with Crippen LogP contribution in [-0.2, 0) is 21.8 Å². The average Bonchev–Trinajstić information content (AvgIpc) is 2.73. The van der Waals surface area contributed by atoms with Crippen molar-refractivity contribution in [2.75, 3.05) is 19.7 Å². The standard InChI is InChI=1S/C23H20F7NO2/c1-3-8-31-9-10-32-21(20(31)15-4-6-19(24)7-5-15)33-14(2)16-11-17(22(25,26)27)13-18(12-16)23(28,29)30/h1,4-7,11-14,20-21H,8-10H2,2H3/t14-,20?,21?/m1/s1. The summed E-state index contributed by atoms with van der Waals surface area (Å²) in [5.74, 6) is 2.01. The molecule has 0 aliphatic carbocycles. The van der Waals surface area contributed by atoms with Gasteiger partial charge in [-0.05, 0) is 48.4 Å². The summed E-state index contributed by atoms with van der Waals surface area (Å²) < 4.78 is 104. The fraction of sp³-hybridized carbons (Fsp3) is 0.391. The lowest BCUT2D eigenvalue weighted by Crippen LogP contribution is -2.46. The maximum atomic E-state index is 13.4. The third-order valence-electron chi connectivity index (χ3n) is 5.24. The van der Waals surface area contributed by atoms with Gasteiger partial charge in [-0.25, -0.2) is 4.39 Å². The summed E-state index contributed by atoms with van der Waals surface area (Å²) in [6.45, 7) is 2.09. The SMILES string of the molecule is C#CCN1CCOC(O[C@H](C)c2cc(C(F)(F)F)cc(C(F)(F)F)c2)C1c1ccc(F)cc1. The number of benzene rings is 2. The van der Waals surface area contributed by atoms with E-state index in [9.17, 15) is 30.7 Å². The molecule has 2 unspecified atom stereocenters. The average molecular weight is 475 g/mol. The van der Waals surface area contributed by atoms with E-state index in [2.05, 4.69) is 5.92 Å². The highest BCUT2D eigenvalue weighted by Crippen LogP contribution is 2.39. The highest BCUT2D eigenvalue weighted by atomic mass is 19.4. The second-order valence-electron chi connectivity index (χ2n) is 7.53. The van der Waals surface area contributed by atoms with E-state index in [1.54, 1.807) is 4.90 Å². The molecule has 1 aliphatic rings. The molecule has 0 saturated carbocycles. The molecule has 10 heteroatoms. The van der Waals surface area contributed by atoms with E-state index in [1.807, 2.05) is 0 Å². The van der Waals surface area contributed by atoms with E-state index in [0.29, 0.717) is 24.2 Å². The van der Waals surface area contributed by atoms with Gasteiger partial charge in [-0.15, -0.1) is 6.42 Å². The molecule has 33 heavy (non-hydrogen) atoms. The number of ether oxygens (including phenoxy) is 2. The molecule has 0 radical (unpaired) electrons. The number of alkyl halides is 6. The maximum Gasteiger partial charge on any atom is 0.416 e. The van der Waals surface area contributed by atoms with Crippen LogP contribution >= 0.6 is 0 Å². The fourth-order valence-electron chi connectivity index (χ4n) is 3.62. The molecule has 2 aromatic carbocycles. The first-order valence-electron chi connectivity index (χ1n) is 9.89. The summed E-state index contributed by atoms with van der Waals surface area (Å²) >= 11 is 0. The predicted octanol–water partition coefficient (Wildman–Crippen LogP) is 5.97. The van der Waals surface area contributed by atoms with Crippen LogP contribution in [0.4, 0.5) is 30.7 Å². The lowest BCUT2D eigenvalue weighted by Gasteiger charge is -2.41. The first kappa shape index (κ1) is 25.0. The van der Waals surface area contributed by atoms with Crippen LogP contribution in [0.3, 0.4) is 0 Å². The topological polar surface area (TPSA) is 21.7 Å². The van der Waals surface area contributed by atoms with Gasteiger partial charge >= 0.3 is 12.4 Å². The second-order valence-corrected chi connectivity index (χ2v) is 7.53. The van der Waals surface area contributed by atoms with Crippen LogP contribution in [0.25, 0.3) is 0 Å². The zero-order valence-corrected chi connectivity index (χ0v) is 17.4. The number of morpholine rings is 1. The van der Waals surface area contributed by atoms with E-state index in [-0.39, 0.29) is 24.8 Å². The lowest BCUT2D eigenvalue weighted by molar-refractivity contribution is -0.228. The molecule has 1 saturated heterocycles. The minimum absolute atomic E-state index is 0.0588. The highest BCUT2D eigenvalue weighted by Gasteiger charge is 2.39. The van der Waals surface area contributed by atoms with Gasteiger partial charge in [0, 0.05) is 6.54 Å². The zero-order chi connectivity index (χ0) is 24.4. The third-order valence-corrected chi connectivity index (χ3v) is 5.24. The fourth-order valence-corrected chi connectivity index (χ4v) is 3.62. The summed E-state index contributed by atoms with van der Waals surface area (Å²) in [5.41, 5.74) is -2.61. The third kappa shape index (κ3) is 6.05. The number of rotatable bonds is 5. The largest absolute Gasteiger partial charge is 0.416 e. The van der Waals surface area contributed by atoms with Gasteiger partial charge in [-0.3, -0.25) is 4.90 Å². The Balaban J connectivity index is 1.94. The molecule has 0 spiro atoms. The lowest BCUT2D eigenvalue weighted by atomic mass is 10.0. The maximum absolute atomic E-state index is 13.4. The molecule has 3 nitrogen and oxygen atoms in total. The molecular formula is C23H20F7NO2. The summed E-state index contributed by atoms with van der Waals surface area (Å²) in [4.78, 5) is 1.81. The molecule has 0 N–H and O–H groups in total. The van der Waals surface area contributed by atoms with Crippen molar-refractivity contribution < 1.29 is 40.2 Å². The Morgan fingerprint density at radius 2 is 1.64 bits per heavy atom. The number of hydrogen-bond donors (Lipinski definition) is 0. The Morgan fingerprint density at radius 1 is 1.06 bits per heavy atom. The smallest absolute Gasteiger partial charge is 0.349 e. The van der Waals surface area contributed by atoms with E-state index in [0.717, 1.165) is 0 Å². The summed E-state index contributed by atoms with van der Waals surface area (Å²) in [6.07, 6.45) is -6.78. The van der Waals surface area contributed by atoms with Crippen molar-refractivity contribution >= 4 is 0 Å². The van der Waals surface area contributed by atoms with Gasteiger partial charge in [0.15, 0.2) is 6.29 Å². The van der Waals surface area contributed by atoms with Gasteiger partial charge in [0.1, 0.15) is 5.82 Å². The van der Waals surface area contributed by atoms with Crippen LogP contribution in [0.1, 0.15) is 41.3 Å². The molecule has 0 aromatic heterocycles. The molecule has 3 rings (SSSR count). The zero-order valence-electron chi connectivity index (χ0n) is 17.4. The molecule has 0 amide bonds. The van der Waals surface area contributed by atoms with Gasteiger partial charge in [0.05, 0.1) is 36.4 Å². The number of halogens is 7. The van der Waals surface area contributed by atoms with E-state index >= 15 is 0 Å². The summed E-state index contributed by atoms with van der Waals surface area (Å²) in [6, 6.07) is 6.08. The van der Waals surface area contributed by atoms with Gasteiger partial charge in [0.25, 0.3) is 0 Å². The van der Waals surface area contributed by atoms with Gasteiger partial charge in [-0.1, -0.05) is 18.1 Å². The molecule has 3 atom stereocenters. The molecule has 1 fully saturated rings. The van der Waals surface area contributed by atoms with E-state index in [1.165, 1.54) is 31.2 Å². The van der Waals surface area contributed by atoms with Crippen molar-refractivity contribution in [1.29, 1.82) is 0 Å². The summed E-state index contributed by atoms with van der Waals surface area (Å²) in [7, 11) is 0. The summed E-state index contributed by atoms with van der Waals surface area (Å²) in [5, 5.41) is 0. The van der Waals surface area contributed by atoms with Crippen LogP contribution in [0.2, 0.25) is 0 Å². The number of nitrogens with zero attached hydrogens (tertiary/aromatic N) is 1. The van der Waals surface area contributed by atoms with Crippen molar-refractivity contribution in [1.82, 2.24) is 4.90 Å². The second kappa shape index (κ2) is 9.71. The van der Waals surface area contributed by atoms with Gasteiger partial charge in [-0.2, -0.15) is 26.3 Å². The van der Waals surface area contributed by atoms with Crippen LogP contribution < -0.4 is 0 Å². The molecule has 2 aromatic rings. The molecular weight excluding hydrogens is 455 g/mol. The minimum atomic E-state index is -4.97. The number of hydrogen-bond acceptors (Lipinski definition) is 3. The minimum Gasteiger partial charge on any atom is -0.349 e. The first-order valence-corrected chi connectivity index (χ1v) is 9.89. The Kier molecular flexibility index (Phi) is 7.36. The molecule has 178 valence electrons. The molecule has 1 aliphatic heterocycles. The Bertz CT molecular complexity index is 964.